The molecule has 0 aliphatic rings. The van der Waals surface area contributed by atoms with Gasteiger partial charge in [-0.2, -0.15) is 0 Å². The second-order valence-corrected chi connectivity index (χ2v) is 7.76. The molecule has 0 unspecified atom stereocenters. The lowest BCUT2D eigenvalue weighted by Gasteiger charge is -2.22. The summed E-state index contributed by atoms with van der Waals surface area (Å²) in [6.45, 7) is 6.40. The highest BCUT2D eigenvalue weighted by Gasteiger charge is 2.24. The Labute approximate surface area is 163 Å². The number of hydrogen-bond donors (Lipinski definition) is 1. The van der Waals surface area contributed by atoms with Crippen LogP contribution in [-0.4, -0.2) is 28.1 Å². The molecule has 1 amide bonds. The van der Waals surface area contributed by atoms with Gasteiger partial charge < -0.3 is 9.88 Å². The summed E-state index contributed by atoms with van der Waals surface area (Å²) in [5.41, 5.74) is 3.83. The van der Waals surface area contributed by atoms with Crippen molar-refractivity contribution in [3.05, 3.63) is 80.8 Å². The van der Waals surface area contributed by atoms with E-state index in [4.69, 9.17) is 0 Å². The molecule has 0 fully saturated rings. The predicted octanol–water partition coefficient (Wildman–Crippen LogP) is 4.78. The fourth-order valence-electron chi connectivity index (χ4n) is 3.40. The van der Waals surface area contributed by atoms with Crippen molar-refractivity contribution in [3.63, 3.8) is 0 Å². The van der Waals surface area contributed by atoms with Gasteiger partial charge in [0, 0.05) is 22.7 Å². The topological polar surface area (TPSA) is 53.2 Å². The van der Waals surface area contributed by atoms with Gasteiger partial charge in [-0.1, -0.05) is 36.4 Å². The van der Waals surface area contributed by atoms with Gasteiger partial charge in [-0.15, -0.1) is 11.3 Å². The van der Waals surface area contributed by atoms with Crippen molar-refractivity contribution in [3.8, 4) is 0 Å². The van der Waals surface area contributed by atoms with Crippen molar-refractivity contribution >= 4 is 23.0 Å². The molecule has 0 bridgehead atoms. The van der Waals surface area contributed by atoms with Crippen LogP contribution in [0.25, 0.3) is 0 Å². The van der Waals surface area contributed by atoms with E-state index >= 15 is 0 Å². The minimum atomic E-state index is -0.0626. The Kier molecular flexibility index (Phi) is 5.91. The van der Waals surface area contributed by atoms with E-state index in [0.29, 0.717) is 24.3 Å². The van der Waals surface area contributed by atoms with Crippen LogP contribution in [0.5, 0.6) is 0 Å². The van der Waals surface area contributed by atoms with Gasteiger partial charge in [0.1, 0.15) is 5.69 Å². The third-order valence-electron chi connectivity index (χ3n) is 4.73. The van der Waals surface area contributed by atoms with E-state index in [0.717, 1.165) is 22.6 Å². The van der Waals surface area contributed by atoms with Gasteiger partial charge in [0.25, 0.3) is 5.91 Å². The number of rotatable bonds is 7. The van der Waals surface area contributed by atoms with Crippen molar-refractivity contribution in [2.75, 3.05) is 6.54 Å². The molecular weight excluding hydrogens is 356 g/mol. The minimum absolute atomic E-state index is 0.0191. The quantitative estimate of drug-likeness (QED) is 0.600. The summed E-state index contributed by atoms with van der Waals surface area (Å²) in [5, 5.41) is 2.02. The van der Waals surface area contributed by atoms with Crippen LogP contribution >= 0.6 is 11.3 Å². The van der Waals surface area contributed by atoms with Crippen molar-refractivity contribution in [2.45, 2.75) is 33.7 Å². The molecule has 2 aromatic heterocycles. The first-order valence-electron chi connectivity index (χ1n) is 9.03. The van der Waals surface area contributed by atoms with E-state index in [9.17, 15) is 9.59 Å². The molecule has 5 heteroatoms. The molecule has 2 heterocycles. The van der Waals surface area contributed by atoms with E-state index in [-0.39, 0.29) is 11.7 Å². The predicted molar refractivity (Wildman–Crippen MR) is 109 cm³/mol. The molecule has 3 rings (SSSR count). The summed E-state index contributed by atoms with van der Waals surface area (Å²) < 4.78 is 0. The molecule has 0 spiro atoms. The normalized spacial score (nSPS) is 10.8. The lowest BCUT2D eigenvalue weighted by Crippen LogP contribution is -2.33. The third-order valence-corrected chi connectivity index (χ3v) is 5.59. The number of benzene rings is 1. The standard InChI is InChI=1S/C22H24N2O2S/c1-15-20(17(3)25)16(2)23-21(15)22(26)24(14-19-10-7-13-27-19)12-11-18-8-5-4-6-9-18/h4-10,13,23H,11-12,14H2,1-3H3. The van der Waals surface area contributed by atoms with E-state index < -0.39 is 0 Å². The fraction of sp³-hybridized carbons (Fsp3) is 0.273. The number of carbonyl (C=O) groups excluding carboxylic acids is 2. The highest BCUT2D eigenvalue weighted by Crippen LogP contribution is 2.22. The van der Waals surface area contributed by atoms with Crippen molar-refractivity contribution < 1.29 is 9.59 Å². The number of aromatic amines is 1. The number of H-pyrrole nitrogens is 1. The average molecular weight is 381 g/mol. The minimum Gasteiger partial charge on any atom is -0.354 e. The lowest BCUT2D eigenvalue weighted by atomic mass is 10.1. The number of thiophene rings is 1. The molecule has 4 nitrogen and oxygen atoms in total. The summed E-state index contributed by atoms with van der Waals surface area (Å²) in [4.78, 5) is 31.4. The zero-order chi connectivity index (χ0) is 19.4. The lowest BCUT2D eigenvalue weighted by molar-refractivity contribution is 0.0740. The van der Waals surface area contributed by atoms with E-state index in [1.54, 1.807) is 11.3 Å². The van der Waals surface area contributed by atoms with Gasteiger partial charge in [-0.25, -0.2) is 0 Å². The first-order chi connectivity index (χ1) is 13.0. The van der Waals surface area contributed by atoms with Crippen LogP contribution in [-0.2, 0) is 13.0 Å². The molecule has 1 aromatic carbocycles. The fourth-order valence-corrected chi connectivity index (χ4v) is 4.12. The Morgan fingerprint density at radius 3 is 2.41 bits per heavy atom. The molecule has 3 aromatic rings. The molecule has 1 N–H and O–H groups in total. The number of nitrogens with one attached hydrogen (secondary N) is 1. The molecule has 0 aliphatic carbocycles. The summed E-state index contributed by atoms with van der Waals surface area (Å²) >= 11 is 1.64. The van der Waals surface area contributed by atoms with Gasteiger partial charge >= 0.3 is 0 Å². The number of hydrogen-bond acceptors (Lipinski definition) is 3. The highest BCUT2D eigenvalue weighted by atomic mass is 32.1. The maximum absolute atomic E-state index is 13.3. The Morgan fingerprint density at radius 2 is 1.81 bits per heavy atom. The van der Waals surface area contributed by atoms with Gasteiger partial charge in [0.15, 0.2) is 5.78 Å². The number of nitrogens with zero attached hydrogens (tertiary/aromatic N) is 1. The molecule has 0 saturated carbocycles. The first-order valence-corrected chi connectivity index (χ1v) is 9.91. The van der Waals surface area contributed by atoms with Gasteiger partial charge in [-0.05, 0) is 49.8 Å². The Bertz CT molecular complexity index is 927. The number of aromatic nitrogens is 1. The molecule has 140 valence electrons. The van der Waals surface area contributed by atoms with Crippen LogP contribution < -0.4 is 0 Å². The van der Waals surface area contributed by atoms with Crippen LogP contribution in [0, 0.1) is 13.8 Å². The Balaban J connectivity index is 1.86. The van der Waals surface area contributed by atoms with E-state index in [1.165, 1.54) is 12.5 Å². The zero-order valence-corrected chi connectivity index (χ0v) is 16.7. The number of ketones is 1. The Morgan fingerprint density at radius 1 is 1.07 bits per heavy atom. The summed E-state index contributed by atoms with van der Waals surface area (Å²) in [6.07, 6.45) is 0.788. The maximum atomic E-state index is 13.3. The van der Waals surface area contributed by atoms with Crippen molar-refractivity contribution in [1.82, 2.24) is 9.88 Å². The Hall–Kier alpha value is -2.66. The molecule has 0 atom stereocenters. The smallest absolute Gasteiger partial charge is 0.270 e. The van der Waals surface area contributed by atoms with Crippen LogP contribution in [0.15, 0.2) is 47.8 Å². The molecule has 0 saturated heterocycles. The average Bonchev–Trinajstić information content (AvgIpc) is 3.26. The number of aryl methyl sites for hydroxylation is 1. The molecular formula is C22H24N2O2S. The monoisotopic (exact) mass is 380 g/mol. The third kappa shape index (κ3) is 4.37. The van der Waals surface area contributed by atoms with Crippen LogP contribution in [0.3, 0.4) is 0 Å². The van der Waals surface area contributed by atoms with E-state index in [1.807, 2.05) is 54.5 Å². The van der Waals surface area contributed by atoms with Gasteiger partial charge in [0.05, 0.1) is 6.54 Å². The molecule has 27 heavy (non-hydrogen) atoms. The highest BCUT2D eigenvalue weighted by molar-refractivity contribution is 7.09. The number of carbonyl (C=O) groups is 2. The molecule has 0 radical (unpaired) electrons. The largest absolute Gasteiger partial charge is 0.354 e. The van der Waals surface area contributed by atoms with Gasteiger partial charge in [0.2, 0.25) is 0 Å². The maximum Gasteiger partial charge on any atom is 0.270 e. The second kappa shape index (κ2) is 8.35. The summed E-state index contributed by atoms with van der Waals surface area (Å²) in [6, 6.07) is 14.2. The van der Waals surface area contributed by atoms with Crippen LogP contribution in [0.2, 0.25) is 0 Å². The summed E-state index contributed by atoms with van der Waals surface area (Å²) in [5.74, 6) is -0.0816. The van der Waals surface area contributed by atoms with Crippen LogP contribution in [0.4, 0.5) is 0 Å². The molecule has 0 aliphatic heterocycles. The van der Waals surface area contributed by atoms with E-state index in [2.05, 4.69) is 17.1 Å². The first kappa shape index (κ1) is 19.1. The summed E-state index contributed by atoms with van der Waals surface area (Å²) in [7, 11) is 0. The van der Waals surface area contributed by atoms with Crippen molar-refractivity contribution in [1.29, 1.82) is 0 Å². The van der Waals surface area contributed by atoms with Crippen LogP contribution in [0.1, 0.15) is 49.5 Å². The van der Waals surface area contributed by atoms with Crippen molar-refractivity contribution in [2.24, 2.45) is 0 Å². The van der Waals surface area contributed by atoms with Gasteiger partial charge in [-0.3, -0.25) is 9.59 Å². The number of Topliss-reactive ketones (excluding diaryl/α,β-unsaturated/α-hetero) is 1. The second-order valence-electron chi connectivity index (χ2n) is 6.72. The zero-order valence-electron chi connectivity index (χ0n) is 15.9. The number of amides is 1. The SMILES string of the molecule is CC(=O)c1c(C)[nH]c(C(=O)N(CCc2ccccc2)Cc2cccs2)c1C.